The van der Waals surface area contributed by atoms with Gasteiger partial charge in [0.2, 0.25) is 0 Å². The second-order valence-electron chi connectivity index (χ2n) is 6.19. The van der Waals surface area contributed by atoms with Gasteiger partial charge in [0.25, 0.3) is 11.8 Å². The van der Waals surface area contributed by atoms with Crippen molar-refractivity contribution in [2.45, 2.75) is 12.8 Å². The van der Waals surface area contributed by atoms with Gasteiger partial charge in [0, 0.05) is 48.2 Å². The van der Waals surface area contributed by atoms with E-state index in [0.29, 0.717) is 41.7 Å². The van der Waals surface area contributed by atoms with Gasteiger partial charge >= 0.3 is 0 Å². The van der Waals surface area contributed by atoms with Crippen molar-refractivity contribution in [1.29, 1.82) is 0 Å². The number of nitrogens with one attached hydrogen (secondary N) is 1. The number of benzene rings is 1. The maximum Gasteiger partial charge on any atom is 0.253 e. The van der Waals surface area contributed by atoms with Gasteiger partial charge in [0.15, 0.2) is 0 Å². The molecule has 0 saturated carbocycles. The molecule has 1 fully saturated rings. The molecule has 1 aliphatic rings. The molecule has 1 saturated heterocycles. The highest BCUT2D eigenvalue weighted by atomic mass is 35.5. The molecule has 0 atom stereocenters. The Morgan fingerprint density at radius 3 is 2.52 bits per heavy atom. The molecule has 5 nitrogen and oxygen atoms in total. The van der Waals surface area contributed by atoms with E-state index in [2.05, 4.69) is 10.3 Å². The first kappa shape index (κ1) is 17.4. The zero-order chi connectivity index (χ0) is 17.6. The number of piperidine rings is 1. The SMILES string of the molecule is O=C(NCC1CCN(C(=O)c2ccncc2)CC1)c1cccc(Cl)c1. The fraction of sp³-hybridized carbons (Fsp3) is 0.316. The van der Waals surface area contributed by atoms with Gasteiger partial charge in [0.1, 0.15) is 0 Å². The number of carbonyl (C=O) groups is 2. The molecule has 2 aromatic rings. The fourth-order valence-corrected chi connectivity index (χ4v) is 3.18. The zero-order valence-electron chi connectivity index (χ0n) is 13.8. The predicted octanol–water partition coefficient (Wildman–Crippen LogP) is 3.02. The van der Waals surface area contributed by atoms with Crippen molar-refractivity contribution in [3.8, 4) is 0 Å². The molecular weight excluding hydrogens is 338 g/mol. The van der Waals surface area contributed by atoms with E-state index in [1.807, 2.05) is 4.90 Å². The highest BCUT2D eigenvalue weighted by Crippen LogP contribution is 2.19. The van der Waals surface area contributed by atoms with Crippen LogP contribution in [-0.4, -0.2) is 41.3 Å². The Hall–Kier alpha value is -2.40. The van der Waals surface area contributed by atoms with Crippen LogP contribution in [0.5, 0.6) is 0 Å². The van der Waals surface area contributed by atoms with E-state index in [1.165, 1.54) is 0 Å². The van der Waals surface area contributed by atoms with Gasteiger partial charge in [-0.25, -0.2) is 0 Å². The Bertz CT molecular complexity index is 743. The summed E-state index contributed by atoms with van der Waals surface area (Å²) in [6.45, 7) is 2.03. The summed E-state index contributed by atoms with van der Waals surface area (Å²) < 4.78 is 0. The summed E-state index contributed by atoms with van der Waals surface area (Å²) in [6.07, 6.45) is 5.02. The monoisotopic (exact) mass is 357 g/mol. The number of hydrogen-bond acceptors (Lipinski definition) is 3. The van der Waals surface area contributed by atoms with E-state index in [-0.39, 0.29) is 11.8 Å². The molecule has 1 aromatic heterocycles. The maximum absolute atomic E-state index is 12.4. The average molecular weight is 358 g/mol. The molecule has 0 spiro atoms. The summed E-state index contributed by atoms with van der Waals surface area (Å²) in [6, 6.07) is 10.4. The third-order valence-corrected chi connectivity index (χ3v) is 4.70. The van der Waals surface area contributed by atoms with Gasteiger partial charge < -0.3 is 10.2 Å². The van der Waals surface area contributed by atoms with Gasteiger partial charge in [-0.2, -0.15) is 0 Å². The van der Waals surface area contributed by atoms with Crippen molar-refractivity contribution in [2.75, 3.05) is 19.6 Å². The first-order chi connectivity index (χ1) is 12.1. The molecule has 1 aromatic carbocycles. The number of amides is 2. The van der Waals surface area contributed by atoms with Crippen LogP contribution in [0.4, 0.5) is 0 Å². The molecular formula is C19H20ClN3O2. The molecule has 1 aliphatic heterocycles. The van der Waals surface area contributed by atoms with E-state index >= 15 is 0 Å². The van der Waals surface area contributed by atoms with Gasteiger partial charge in [-0.3, -0.25) is 14.6 Å². The van der Waals surface area contributed by atoms with E-state index in [9.17, 15) is 9.59 Å². The normalized spacial score (nSPS) is 15.0. The number of rotatable bonds is 4. The zero-order valence-corrected chi connectivity index (χ0v) is 14.6. The molecule has 3 rings (SSSR count). The smallest absolute Gasteiger partial charge is 0.253 e. The number of carbonyl (C=O) groups excluding carboxylic acids is 2. The van der Waals surface area contributed by atoms with E-state index < -0.39 is 0 Å². The first-order valence-corrected chi connectivity index (χ1v) is 8.74. The largest absolute Gasteiger partial charge is 0.352 e. The van der Waals surface area contributed by atoms with Crippen molar-refractivity contribution < 1.29 is 9.59 Å². The number of hydrogen-bond donors (Lipinski definition) is 1. The summed E-state index contributed by atoms with van der Waals surface area (Å²) in [4.78, 5) is 30.4. The van der Waals surface area contributed by atoms with Crippen LogP contribution in [0, 0.1) is 5.92 Å². The molecule has 0 unspecified atom stereocenters. The Kier molecular flexibility index (Phi) is 5.66. The molecule has 0 aliphatic carbocycles. The lowest BCUT2D eigenvalue weighted by Crippen LogP contribution is -2.41. The predicted molar refractivity (Wildman–Crippen MR) is 96.6 cm³/mol. The molecule has 6 heteroatoms. The summed E-state index contributed by atoms with van der Waals surface area (Å²) >= 11 is 5.91. The fourth-order valence-electron chi connectivity index (χ4n) is 2.99. The molecule has 25 heavy (non-hydrogen) atoms. The molecule has 0 radical (unpaired) electrons. The Labute approximate surface area is 152 Å². The summed E-state index contributed by atoms with van der Waals surface area (Å²) in [5.74, 6) is 0.311. The highest BCUT2D eigenvalue weighted by Gasteiger charge is 2.24. The van der Waals surface area contributed by atoms with Crippen molar-refractivity contribution in [3.63, 3.8) is 0 Å². The van der Waals surface area contributed by atoms with Crippen LogP contribution < -0.4 is 5.32 Å². The number of nitrogens with zero attached hydrogens (tertiary/aromatic N) is 2. The first-order valence-electron chi connectivity index (χ1n) is 8.36. The Balaban J connectivity index is 1.46. The van der Waals surface area contributed by atoms with Crippen LogP contribution in [0.2, 0.25) is 5.02 Å². The van der Waals surface area contributed by atoms with Crippen molar-refractivity contribution >= 4 is 23.4 Å². The summed E-state index contributed by atoms with van der Waals surface area (Å²) in [5, 5.41) is 3.51. The van der Waals surface area contributed by atoms with Crippen molar-refractivity contribution in [3.05, 3.63) is 64.9 Å². The van der Waals surface area contributed by atoms with Crippen LogP contribution in [0.1, 0.15) is 33.6 Å². The summed E-state index contributed by atoms with van der Waals surface area (Å²) in [5.41, 5.74) is 1.24. The van der Waals surface area contributed by atoms with Crippen LogP contribution in [-0.2, 0) is 0 Å². The molecule has 0 bridgehead atoms. The maximum atomic E-state index is 12.4. The standard InChI is InChI=1S/C19H20ClN3O2/c20-17-3-1-2-16(12-17)18(24)22-13-14-6-10-23(11-7-14)19(25)15-4-8-21-9-5-15/h1-5,8-9,12,14H,6-7,10-11,13H2,(H,22,24). The number of halogens is 1. The molecule has 130 valence electrons. The van der Waals surface area contributed by atoms with Gasteiger partial charge in [-0.1, -0.05) is 17.7 Å². The van der Waals surface area contributed by atoms with Gasteiger partial charge in [-0.05, 0) is 49.1 Å². The number of aromatic nitrogens is 1. The van der Waals surface area contributed by atoms with Crippen molar-refractivity contribution in [1.82, 2.24) is 15.2 Å². The topological polar surface area (TPSA) is 62.3 Å². The lowest BCUT2D eigenvalue weighted by atomic mass is 9.96. The minimum absolute atomic E-state index is 0.0452. The lowest BCUT2D eigenvalue weighted by Gasteiger charge is -2.32. The van der Waals surface area contributed by atoms with E-state index in [1.54, 1.807) is 48.8 Å². The van der Waals surface area contributed by atoms with E-state index in [0.717, 1.165) is 12.8 Å². The van der Waals surface area contributed by atoms with Gasteiger partial charge in [-0.15, -0.1) is 0 Å². The van der Waals surface area contributed by atoms with E-state index in [4.69, 9.17) is 11.6 Å². The van der Waals surface area contributed by atoms with Gasteiger partial charge in [0.05, 0.1) is 0 Å². The van der Waals surface area contributed by atoms with Crippen LogP contribution in [0.25, 0.3) is 0 Å². The second-order valence-corrected chi connectivity index (χ2v) is 6.63. The lowest BCUT2D eigenvalue weighted by molar-refractivity contribution is 0.0684. The highest BCUT2D eigenvalue weighted by molar-refractivity contribution is 6.30. The molecule has 2 amide bonds. The van der Waals surface area contributed by atoms with Crippen LogP contribution >= 0.6 is 11.6 Å². The quantitative estimate of drug-likeness (QED) is 0.914. The third kappa shape index (κ3) is 4.57. The number of likely N-dealkylation sites (tertiary alicyclic amines) is 1. The minimum Gasteiger partial charge on any atom is -0.352 e. The van der Waals surface area contributed by atoms with Crippen LogP contribution in [0.3, 0.4) is 0 Å². The van der Waals surface area contributed by atoms with Crippen LogP contribution in [0.15, 0.2) is 48.8 Å². The molecule has 2 heterocycles. The average Bonchev–Trinajstić information content (AvgIpc) is 2.66. The van der Waals surface area contributed by atoms with Crippen molar-refractivity contribution in [2.24, 2.45) is 5.92 Å². The number of pyridine rings is 1. The Morgan fingerprint density at radius 1 is 1.12 bits per heavy atom. The Morgan fingerprint density at radius 2 is 1.84 bits per heavy atom. The second kappa shape index (κ2) is 8.12. The summed E-state index contributed by atoms with van der Waals surface area (Å²) in [7, 11) is 0. The third-order valence-electron chi connectivity index (χ3n) is 4.47. The minimum atomic E-state index is -0.113. The molecule has 1 N–H and O–H groups in total.